The Bertz CT molecular complexity index is 387. The quantitative estimate of drug-likeness (QED) is 0.771. The Balaban J connectivity index is 2.00. The minimum Gasteiger partial charge on any atom is -0.314 e. The van der Waals surface area contributed by atoms with E-state index < -0.39 is 0 Å². The molecule has 3 atom stereocenters. The number of halogens is 1. The highest BCUT2D eigenvalue weighted by molar-refractivity contribution is 6.30. The summed E-state index contributed by atoms with van der Waals surface area (Å²) in [6.07, 6.45) is 8.04. The summed E-state index contributed by atoms with van der Waals surface area (Å²) in [6, 6.07) is 9.12. The van der Waals surface area contributed by atoms with E-state index in [1.54, 1.807) is 0 Å². The molecular formula is C18H28ClN. The Hall–Kier alpha value is -0.530. The predicted molar refractivity (Wildman–Crippen MR) is 88.4 cm³/mol. The molecule has 1 aliphatic rings. The first-order chi connectivity index (χ1) is 9.72. The highest BCUT2D eigenvalue weighted by Gasteiger charge is 2.29. The lowest BCUT2D eigenvalue weighted by Crippen LogP contribution is -2.41. The standard InChI is InChI=1S/C18H28ClN/c1-3-5-14-8-11-18(20-4-2)16(12-14)13-15-6-9-17(19)10-7-15/h6-7,9-10,14,16,18,20H,3-5,8,11-13H2,1-2H3. The minimum atomic E-state index is 0.698. The zero-order chi connectivity index (χ0) is 14.4. The van der Waals surface area contributed by atoms with Gasteiger partial charge in [-0.1, -0.05) is 50.4 Å². The molecular weight excluding hydrogens is 266 g/mol. The molecule has 1 aromatic rings. The van der Waals surface area contributed by atoms with Gasteiger partial charge in [-0.15, -0.1) is 0 Å². The van der Waals surface area contributed by atoms with Crippen LogP contribution in [-0.2, 0) is 6.42 Å². The van der Waals surface area contributed by atoms with E-state index in [0.29, 0.717) is 6.04 Å². The molecule has 0 radical (unpaired) electrons. The lowest BCUT2D eigenvalue weighted by atomic mass is 9.74. The first-order valence-electron chi connectivity index (χ1n) is 8.20. The second kappa shape index (κ2) is 8.05. The molecule has 0 heterocycles. The SMILES string of the molecule is CCCC1CCC(NCC)C(Cc2ccc(Cl)cc2)C1. The third kappa shape index (κ3) is 4.49. The maximum atomic E-state index is 5.98. The average molecular weight is 294 g/mol. The van der Waals surface area contributed by atoms with Crippen molar-refractivity contribution in [1.82, 2.24) is 5.32 Å². The summed E-state index contributed by atoms with van der Waals surface area (Å²) in [5, 5.41) is 4.54. The van der Waals surface area contributed by atoms with Crippen LogP contribution in [-0.4, -0.2) is 12.6 Å². The van der Waals surface area contributed by atoms with Crippen molar-refractivity contribution in [2.45, 2.75) is 58.4 Å². The first-order valence-corrected chi connectivity index (χ1v) is 8.58. The van der Waals surface area contributed by atoms with Crippen LogP contribution in [0.3, 0.4) is 0 Å². The molecule has 112 valence electrons. The highest BCUT2D eigenvalue weighted by atomic mass is 35.5. The van der Waals surface area contributed by atoms with E-state index in [9.17, 15) is 0 Å². The van der Waals surface area contributed by atoms with Gasteiger partial charge in [0.2, 0.25) is 0 Å². The lowest BCUT2D eigenvalue weighted by Gasteiger charge is -2.37. The first kappa shape index (κ1) is 15.9. The maximum Gasteiger partial charge on any atom is 0.0406 e. The average Bonchev–Trinajstić information content (AvgIpc) is 2.45. The van der Waals surface area contributed by atoms with Crippen molar-refractivity contribution in [3.63, 3.8) is 0 Å². The third-order valence-corrected chi connectivity index (χ3v) is 4.92. The monoisotopic (exact) mass is 293 g/mol. The van der Waals surface area contributed by atoms with E-state index in [2.05, 4.69) is 31.3 Å². The van der Waals surface area contributed by atoms with Crippen LogP contribution in [0.2, 0.25) is 5.02 Å². The Morgan fingerprint density at radius 3 is 2.55 bits per heavy atom. The fourth-order valence-corrected chi connectivity index (χ4v) is 3.84. The summed E-state index contributed by atoms with van der Waals surface area (Å²) in [4.78, 5) is 0. The second-order valence-electron chi connectivity index (χ2n) is 6.22. The van der Waals surface area contributed by atoms with Crippen LogP contribution in [0.25, 0.3) is 0 Å². The van der Waals surface area contributed by atoms with E-state index in [4.69, 9.17) is 11.6 Å². The Labute approximate surface area is 129 Å². The number of hydrogen-bond donors (Lipinski definition) is 1. The molecule has 0 bridgehead atoms. The van der Waals surface area contributed by atoms with E-state index in [-0.39, 0.29) is 0 Å². The summed E-state index contributed by atoms with van der Waals surface area (Å²) < 4.78 is 0. The molecule has 20 heavy (non-hydrogen) atoms. The fraction of sp³-hybridized carbons (Fsp3) is 0.667. The molecule has 0 saturated heterocycles. The largest absolute Gasteiger partial charge is 0.314 e. The van der Waals surface area contributed by atoms with Gasteiger partial charge in [0, 0.05) is 11.1 Å². The molecule has 1 fully saturated rings. The van der Waals surface area contributed by atoms with Gasteiger partial charge >= 0.3 is 0 Å². The fourth-order valence-electron chi connectivity index (χ4n) is 3.71. The molecule has 0 aliphatic heterocycles. The molecule has 0 aromatic heterocycles. The van der Waals surface area contributed by atoms with Crippen LogP contribution < -0.4 is 5.32 Å². The van der Waals surface area contributed by atoms with Gasteiger partial charge in [-0.2, -0.15) is 0 Å². The Morgan fingerprint density at radius 2 is 1.90 bits per heavy atom. The van der Waals surface area contributed by atoms with Crippen LogP contribution in [0.5, 0.6) is 0 Å². The van der Waals surface area contributed by atoms with Crippen LogP contribution in [0.15, 0.2) is 24.3 Å². The van der Waals surface area contributed by atoms with Gasteiger partial charge in [0.1, 0.15) is 0 Å². The molecule has 0 amide bonds. The van der Waals surface area contributed by atoms with E-state index in [1.165, 1.54) is 44.1 Å². The van der Waals surface area contributed by atoms with Crippen LogP contribution in [0.1, 0.15) is 51.5 Å². The number of benzene rings is 1. The summed E-state index contributed by atoms with van der Waals surface area (Å²) in [5.74, 6) is 1.72. The lowest BCUT2D eigenvalue weighted by molar-refractivity contribution is 0.195. The number of hydrogen-bond acceptors (Lipinski definition) is 1. The van der Waals surface area contributed by atoms with Gasteiger partial charge in [0.15, 0.2) is 0 Å². The summed E-state index contributed by atoms with van der Waals surface area (Å²) in [6.45, 7) is 5.61. The Kier molecular flexibility index (Phi) is 6.38. The highest BCUT2D eigenvalue weighted by Crippen LogP contribution is 2.34. The van der Waals surface area contributed by atoms with Crippen LogP contribution in [0, 0.1) is 11.8 Å². The van der Waals surface area contributed by atoms with Gasteiger partial charge in [-0.05, 0) is 61.8 Å². The molecule has 1 nitrogen and oxygen atoms in total. The molecule has 1 N–H and O–H groups in total. The van der Waals surface area contributed by atoms with Crippen molar-refractivity contribution in [2.24, 2.45) is 11.8 Å². The topological polar surface area (TPSA) is 12.0 Å². The van der Waals surface area contributed by atoms with Crippen molar-refractivity contribution in [3.05, 3.63) is 34.9 Å². The van der Waals surface area contributed by atoms with Crippen molar-refractivity contribution in [2.75, 3.05) is 6.54 Å². The van der Waals surface area contributed by atoms with Crippen molar-refractivity contribution in [3.8, 4) is 0 Å². The van der Waals surface area contributed by atoms with E-state index in [1.807, 2.05) is 12.1 Å². The summed E-state index contributed by atoms with van der Waals surface area (Å²) in [7, 11) is 0. The third-order valence-electron chi connectivity index (χ3n) is 4.67. The number of rotatable bonds is 6. The summed E-state index contributed by atoms with van der Waals surface area (Å²) >= 11 is 5.98. The molecule has 2 rings (SSSR count). The summed E-state index contributed by atoms with van der Waals surface area (Å²) in [5.41, 5.74) is 1.43. The maximum absolute atomic E-state index is 5.98. The normalized spacial score (nSPS) is 26.6. The van der Waals surface area contributed by atoms with Gasteiger partial charge < -0.3 is 5.32 Å². The molecule has 1 aliphatic carbocycles. The van der Waals surface area contributed by atoms with Crippen LogP contribution in [0.4, 0.5) is 0 Å². The van der Waals surface area contributed by atoms with Gasteiger partial charge in [0.05, 0.1) is 0 Å². The molecule has 2 heteroatoms. The molecule has 1 aromatic carbocycles. The predicted octanol–water partition coefficient (Wildman–Crippen LogP) is 5.08. The Morgan fingerprint density at radius 1 is 1.15 bits per heavy atom. The van der Waals surface area contributed by atoms with Gasteiger partial charge in [-0.25, -0.2) is 0 Å². The van der Waals surface area contributed by atoms with Gasteiger partial charge in [-0.3, -0.25) is 0 Å². The molecule has 0 spiro atoms. The van der Waals surface area contributed by atoms with Crippen molar-refractivity contribution in [1.29, 1.82) is 0 Å². The smallest absolute Gasteiger partial charge is 0.0406 e. The molecule has 3 unspecified atom stereocenters. The van der Waals surface area contributed by atoms with Gasteiger partial charge in [0.25, 0.3) is 0 Å². The van der Waals surface area contributed by atoms with Crippen molar-refractivity contribution < 1.29 is 0 Å². The number of nitrogens with one attached hydrogen (secondary N) is 1. The van der Waals surface area contributed by atoms with Crippen molar-refractivity contribution >= 4 is 11.6 Å². The van der Waals surface area contributed by atoms with E-state index in [0.717, 1.165) is 23.4 Å². The minimum absolute atomic E-state index is 0.698. The van der Waals surface area contributed by atoms with Crippen LogP contribution >= 0.6 is 11.6 Å². The van der Waals surface area contributed by atoms with E-state index >= 15 is 0 Å². The zero-order valence-electron chi connectivity index (χ0n) is 12.9. The zero-order valence-corrected chi connectivity index (χ0v) is 13.6. The second-order valence-corrected chi connectivity index (χ2v) is 6.66. The molecule has 1 saturated carbocycles.